The topological polar surface area (TPSA) is 115 Å². The number of nitrogens with zero attached hydrogens (tertiary/aromatic N) is 4. The second kappa shape index (κ2) is 10.7. The molecule has 0 aliphatic rings. The summed E-state index contributed by atoms with van der Waals surface area (Å²) in [6.07, 6.45) is -3.23. The summed E-state index contributed by atoms with van der Waals surface area (Å²) in [5.41, 5.74) is 0.0194. The zero-order valence-corrected chi connectivity index (χ0v) is 20.9. The van der Waals surface area contributed by atoms with Crippen molar-refractivity contribution in [3.8, 4) is 5.69 Å². The highest BCUT2D eigenvalue weighted by atomic mass is 32.2. The maximum Gasteiger partial charge on any atom is 0.416 e. The first-order chi connectivity index (χ1) is 18.3. The van der Waals surface area contributed by atoms with Gasteiger partial charge in [0.05, 0.1) is 40.0 Å². The minimum atomic E-state index is -4.57. The molecule has 0 spiro atoms. The van der Waals surface area contributed by atoms with Crippen LogP contribution in [0.5, 0.6) is 0 Å². The molecule has 0 radical (unpaired) electrons. The Balaban J connectivity index is 1.36. The number of hydrogen-bond donors (Lipinski definition) is 2. The molecule has 14 heteroatoms. The average Bonchev–Trinajstić information content (AvgIpc) is 3.65. The molecule has 0 aliphatic carbocycles. The van der Waals surface area contributed by atoms with E-state index in [1.54, 1.807) is 6.07 Å². The summed E-state index contributed by atoms with van der Waals surface area (Å²) < 4.78 is 47.5. The van der Waals surface area contributed by atoms with Gasteiger partial charge >= 0.3 is 6.18 Å². The number of para-hydroxylation sites is 1. The van der Waals surface area contributed by atoms with Gasteiger partial charge < -0.3 is 15.1 Å². The van der Waals surface area contributed by atoms with Crippen LogP contribution in [0.1, 0.15) is 21.9 Å². The number of aromatic nitrogens is 4. The maximum absolute atomic E-state index is 13.4. The molecule has 2 aromatic carbocycles. The van der Waals surface area contributed by atoms with Gasteiger partial charge in [0.2, 0.25) is 5.91 Å². The quantitative estimate of drug-likeness (QED) is 0.253. The highest BCUT2D eigenvalue weighted by molar-refractivity contribution is 7.99. The van der Waals surface area contributed by atoms with Gasteiger partial charge in [-0.3, -0.25) is 14.2 Å². The van der Waals surface area contributed by atoms with Gasteiger partial charge in [-0.2, -0.15) is 13.2 Å². The van der Waals surface area contributed by atoms with E-state index in [9.17, 15) is 22.8 Å². The minimum Gasteiger partial charge on any atom is -0.459 e. The Morgan fingerprint density at radius 2 is 1.89 bits per heavy atom. The lowest BCUT2D eigenvalue weighted by Crippen LogP contribution is -2.24. The van der Waals surface area contributed by atoms with Gasteiger partial charge in [-0.1, -0.05) is 41.3 Å². The van der Waals surface area contributed by atoms with Crippen LogP contribution in [0, 0.1) is 0 Å². The predicted molar refractivity (Wildman–Crippen MR) is 135 cm³/mol. The van der Waals surface area contributed by atoms with Crippen LogP contribution in [0.25, 0.3) is 15.9 Å². The molecular formula is C24H17F3N6O3S2. The molecule has 0 aliphatic heterocycles. The standard InChI is InChI=1S/C24H17F3N6O3S2/c25-24(26,27)14-5-3-6-15(11-14)33-19(12-28-21(35)17-8-4-10-36-17)31-32-23(33)37-13-20(34)30-22-29-16-7-1-2-9-18(16)38-22/h1-11H,12-13H2,(H,28,35)(H,29,30,34). The van der Waals surface area contributed by atoms with Crippen LogP contribution in [0.4, 0.5) is 18.3 Å². The molecule has 2 N–H and O–H groups in total. The lowest BCUT2D eigenvalue weighted by Gasteiger charge is -2.13. The number of fused-ring (bicyclic) bond motifs is 1. The van der Waals surface area contributed by atoms with Crippen molar-refractivity contribution >= 4 is 50.3 Å². The average molecular weight is 559 g/mol. The first kappa shape index (κ1) is 25.5. The van der Waals surface area contributed by atoms with Gasteiger partial charge in [0.1, 0.15) is 0 Å². The van der Waals surface area contributed by atoms with E-state index in [4.69, 9.17) is 4.42 Å². The second-order valence-electron chi connectivity index (χ2n) is 7.77. The van der Waals surface area contributed by atoms with Crippen LogP contribution in [0.15, 0.2) is 76.5 Å². The third-order valence-electron chi connectivity index (χ3n) is 5.16. The van der Waals surface area contributed by atoms with E-state index >= 15 is 0 Å². The fourth-order valence-corrected chi connectivity index (χ4v) is 5.11. The van der Waals surface area contributed by atoms with Crippen LogP contribution in [-0.2, 0) is 17.5 Å². The molecule has 0 bridgehead atoms. The van der Waals surface area contributed by atoms with Crippen LogP contribution in [0.2, 0.25) is 0 Å². The van der Waals surface area contributed by atoms with Crippen molar-refractivity contribution < 1.29 is 27.2 Å². The third kappa shape index (κ3) is 5.70. The van der Waals surface area contributed by atoms with Crippen LogP contribution in [0.3, 0.4) is 0 Å². The van der Waals surface area contributed by atoms with Crippen molar-refractivity contribution in [1.82, 2.24) is 25.1 Å². The number of amides is 2. The molecular weight excluding hydrogens is 541 g/mol. The Morgan fingerprint density at radius 1 is 1.05 bits per heavy atom. The fourth-order valence-electron chi connectivity index (χ4n) is 3.45. The molecule has 9 nitrogen and oxygen atoms in total. The highest BCUT2D eigenvalue weighted by Gasteiger charge is 2.31. The normalized spacial score (nSPS) is 11.6. The van der Waals surface area contributed by atoms with E-state index in [1.165, 1.54) is 40.4 Å². The summed E-state index contributed by atoms with van der Waals surface area (Å²) in [7, 11) is 0. The molecule has 0 saturated carbocycles. The van der Waals surface area contributed by atoms with Crippen molar-refractivity contribution in [2.75, 3.05) is 11.1 Å². The van der Waals surface area contributed by atoms with Gasteiger partial charge in [0, 0.05) is 0 Å². The molecule has 38 heavy (non-hydrogen) atoms. The van der Waals surface area contributed by atoms with Crippen molar-refractivity contribution in [3.05, 3.63) is 84.1 Å². The number of halogens is 3. The summed E-state index contributed by atoms with van der Waals surface area (Å²) in [6, 6.07) is 15.1. The SMILES string of the molecule is O=C(CSc1nnc(CNC(=O)c2ccco2)n1-c1cccc(C(F)(F)F)c1)Nc1nc2ccccc2s1. The smallest absolute Gasteiger partial charge is 0.416 e. The molecule has 2 amide bonds. The van der Waals surface area contributed by atoms with Gasteiger partial charge in [-0.15, -0.1) is 10.2 Å². The zero-order chi connectivity index (χ0) is 26.7. The number of rotatable bonds is 8. The highest BCUT2D eigenvalue weighted by Crippen LogP contribution is 2.32. The number of alkyl halides is 3. The Labute approximate surface area is 221 Å². The molecule has 0 fully saturated rings. The van der Waals surface area contributed by atoms with Gasteiger partial charge in [0.25, 0.3) is 5.91 Å². The monoisotopic (exact) mass is 558 g/mol. The van der Waals surface area contributed by atoms with Crippen molar-refractivity contribution in [3.63, 3.8) is 0 Å². The summed E-state index contributed by atoms with van der Waals surface area (Å²) >= 11 is 2.31. The lowest BCUT2D eigenvalue weighted by atomic mass is 10.2. The predicted octanol–water partition coefficient (Wildman–Crippen LogP) is 5.15. The molecule has 3 heterocycles. The molecule has 194 valence electrons. The van der Waals surface area contributed by atoms with Gasteiger partial charge in [-0.25, -0.2) is 4.98 Å². The minimum absolute atomic E-state index is 0.0660. The number of thioether (sulfide) groups is 1. The number of hydrogen-bond acceptors (Lipinski definition) is 8. The fraction of sp³-hybridized carbons (Fsp3) is 0.125. The van der Waals surface area contributed by atoms with Crippen molar-refractivity contribution in [2.45, 2.75) is 17.9 Å². The molecule has 0 unspecified atom stereocenters. The van der Waals surface area contributed by atoms with E-state index in [2.05, 4.69) is 25.8 Å². The number of benzene rings is 2. The second-order valence-corrected chi connectivity index (χ2v) is 9.74. The number of thiazole rings is 1. The van der Waals surface area contributed by atoms with Crippen molar-refractivity contribution in [2.24, 2.45) is 0 Å². The van der Waals surface area contributed by atoms with E-state index < -0.39 is 17.6 Å². The molecule has 0 saturated heterocycles. The van der Waals surface area contributed by atoms with Crippen LogP contribution >= 0.6 is 23.1 Å². The molecule has 5 rings (SSSR count). The molecule has 0 atom stereocenters. The molecule has 5 aromatic rings. The Kier molecular flexibility index (Phi) is 7.15. The number of carbonyl (C=O) groups excluding carboxylic acids is 2. The number of carbonyl (C=O) groups is 2. The summed E-state index contributed by atoms with van der Waals surface area (Å²) in [6.45, 7) is -0.152. The molecule has 3 aromatic heterocycles. The lowest BCUT2D eigenvalue weighted by molar-refractivity contribution is -0.137. The van der Waals surface area contributed by atoms with Gasteiger partial charge in [0.15, 0.2) is 21.9 Å². The number of furan rings is 1. The Morgan fingerprint density at radius 3 is 2.66 bits per heavy atom. The maximum atomic E-state index is 13.4. The number of nitrogens with one attached hydrogen (secondary N) is 2. The van der Waals surface area contributed by atoms with Crippen molar-refractivity contribution in [1.29, 1.82) is 0 Å². The summed E-state index contributed by atoms with van der Waals surface area (Å²) in [4.78, 5) is 29.3. The van der Waals surface area contributed by atoms with Crippen LogP contribution in [-0.4, -0.2) is 37.3 Å². The Hall–Kier alpha value is -4.17. The number of anilines is 1. The largest absolute Gasteiger partial charge is 0.459 e. The third-order valence-corrected chi connectivity index (χ3v) is 7.04. The van der Waals surface area contributed by atoms with E-state index in [0.717, 1.165) is 34.1 Å². The van der Waals surface area contributed by atoms with Gasteiger partial charge in [-0.05, 0) is 42.5 Å². The van der Waals surface area contributed by atoms with Crippen LogP contribution < -0.4 is 10.6 Å². The van der Waals surface area contributed by atoms with E-state index in [1.807, 2.05) is 24.3 Å². The first-order valence-electron chi connectivity index (χ1n) is 11.0. The first-order valence-corrected chi connectivity index (χ1v) is 12.8. The van der Waals surface area contributed by atoms with E-state index in [-0.39, 0.29) is 40.6 Å². The summed E-state index contributed by atoms with van der Waals surface area (Å²) in [5, 5.41) is 14.1. The zero-order valence-electron chi connectivity index (χ0n) is 19.2. The Bertz CT molecular complexity index is 1560. The van der Waals surface area contributed by atoms with E-state index in [0.29, 0.717) is 5.13 Å². The summed E-state index contributed by atoms with van der Waals surface area (Å²) in [5.74, 6) is -0.779.